The number of benzene rings is 2. The average molecular weight is 244 g/mol. The minimum absolute atomic E-state index is 0.0100. The molecule has 1 heterocycles. The minimum atomic E-state index is 0.0100. The van der Waals surface area contributed by atoms with E-state index in [2.05, 4.69) is 5.32 Å². The van der Waals surface area contributed by atoms with E-state index in [0.29, 0.717) is 6.54 Å². The van der Waals surface area contributed by atoms with Gasteiger partial charge in [-0.3, -0.25) is 4.79 Å². The standard InChI is InChI=1S/C14H10ClNO/c15-10-6-4-9(5-7-10)11-2-1-3-12-13(11)8-16-14(12)17/h1-7H,8H2,(H,16,17). The number of fused-ring (bicyclic) bond motifs is 1. The van der Waals surface area contributed by atoms with Crippen LogP contribution in [-0.4, -0.2) is 5.91 Å². The van der Waals surface area contributed by atoms with Crippen molar-refractivity contribution in [3.8, 4) is 11.1 Å². The number of halogens is 1. The van der Waals surface area contributed by atoms with E-state index in [0.717, 1.165) is 27.3 Å². The molecule has 0 bridgehead atoms. The van der Waals surface area contributed by atoms with E-state index in [9.17, 15) is 4.79 Å². The summed E-state index contributed by atoms with van der Waals surface area (Å²) < 4.78 is 0. The van der Waals surface area contributed by atoms with E-state index < -0.39 is 0 Å². The zero-order valence-corrected chi connectivity index (χ0v) is 9.79. The molecule has 0 atom stereocenters. The summed E-state index contributed by atoms with van der Waals surface area (Å²) in [6, 6.07) is 13.5. The van der Waals surface area contributed by atoms with Crippen molar-refractivity contribution in [3.05, 3.63) is 58.6 Å². The van der Waals surface area contributed by atoms with E-state index >= 15 is 0 Å². The molecule has 84 valence electrons. The van der Waals surface area contributed by atoms with E-state index in [1.165, 1.54) is 0 Å². The van der Waals surface area contributed by atoms with Crippen LogP contribution in [0.2, 0.25) is 5.02 Å². The van der Waals surface area contributed by atoms with E-state index in [4.69, 9.17) is 11.6 Å². The van der Waals surface area contributed by atoms with Crippen molar-refractivity contribution in [3.63, 3.8) is 0 Å². The van der Waals surface area contributed by atoms with Crippen molar-refractivity contribution < 1.29 is 4.79 Å². The molecule has 2 aromatic rings. The van der Waals surface area contributed by atoms with E-state index in [1.807, 2.05) is 42.5 Å². The largest absolute Gasteiger partial charge is 0.348 e. The molecule has 0 aliphatic carbocycles. The summed E-state index contributed by atoms with van der Waals surface area (Å²) >= 11 is 5.87. The lowest BCUT2D eigenvalue weighted by atomic mass is 9.97. The highest BCUT2D eigenvalue weighted by Gasteiger charge is 2.21. The maximum Gasteiger partial charge on any atom is 0.251 e. The molecule has 0 radical (unpaired) electrons. The molecule has 0 fully saturated rings. The first-order valence-corrected chi connectivity index (χ1v) is 5.79. The van der Waals surface area contributed by atoms with Crippen LogP contribution < -0.4 is 5.32 Å². The highest BCUT2D eigenvalue weighted by atomic mass is 35.5. The Kier molecular flexibility index (Phi) is 2.37. The molecule has 1 N–H and O–H groups in total. The first kappa shape index (κ1) is 10.4. The fourth-order valence-electron chi connectivity index (χ4n) is 2.15. The second-order valence-corrected chi connectivity index (χ2v) is 4.46. The van der Waals surface area contributed by atoms with E-state index in [1.54, 1.807) is 0 Å². The van der Waals surface area contributed by atoms with Gasteiger partial charge in [0.2, 0.25) is 0 Å². The van der Waals surface area contributed by atoms with Crippen LogP contribution >= 0.6 is 11.6 Å². The van der Waals surface area contributed by atoms with E-state index in [-0.39, 0.29) is 5.91 Å². The molecule has 2 nitrogen and oxygen atoms in total. The predicted octanol–water partition coefficient (Wildman–Crippen LogP) is 3.25. The summed E-state index contributed by atoms with van der Waals surface area (Å²) in [6.07, 6.45) is 0. The lowest BCUT2D eigenvalue weighted by Gasteiger charge is -2.06. The Morgan fingerprint density at radius 2 is 1.71 bits per heavy atom. The molecule has 1 aliphatic rings. The molecule has 0 saturated heterocycles. The second kappa shape index (κ2) is 3.90. The minimum Gasteiger partial charge on any atom is -0.348 e. The Morgan fingerprint density at radius 3 is 2.47 bits per heavy atom. The number of hydrogen-bond donors (Lipinski definition) is 1. The zero-order chi connectivity index (χ0) is 11.8. The fraction of sp³-hybridized carbons (Fsp3) is 0.0714. The topological polar surface area (TPSA) is 29.1 Å². The number of nitrogens with one attached hydrogen (secondary N) is 1. The second-order valence-electron chi connectivity index (χ2n) is 4.02. The molecule has 0 aromatic heterocycles. The predicted molar refractivity (Wildman–Crippen MR) is 68.1 cm³/mol. The van der Waals surface area contributed by atoms with Gasteiger partial charge in [0.25, 0.3) is 5.91 Å². The molecular weight excluding hydrogens is 234 g/mol. The van der Waals surface area contributed by atoms with Gasteiger partial charge in [-0.25, -0.2) is 0 Å². The lowest BCUT2D eigenvalue weighted by molar-refractivity contribution is 0.0966. The van der Waals surface area contributed by atoms with Crippen LogP contribution in [0.4, 0.5) is 0 Å². The molecule has 1 aliphatic heterocycles. The summed E-state index contributed by atoms with van der Waals surface area (Å²) in [5.74, 6) is 0.0100. The molecule has 17 heavy (non-hydrogen) atoms. The SMILES string of the molecule is O=C1NCc2c1cccc2-c1ccc(Cl)cc1. The van der Waals surface area contributed by atoms with Crippen molar-refractivity contribution in [2.45, 2.75) is 6.54 Å². The maximum absolute atomic E-state index is 11.6. The smallest absolute Gasteiger partial charge is 0.251 e. The summed E-state index contributed by atoms with van der Waals surface area (Å²) in [5.41, 5.74) is 4.03. The first-order valence-electron chi connectivity index (χ1n) is 5.42. The van der Waals surface area contributed by atoms with Gasteiger partial charge in [0.1, 0.15) is 0 Å². The number of amides is 1. The van der Waals surface area contributed by atoms with Gasteiger partial charge in [-0.1, -0.05) is 35.9 Å². The zero-order valence-electron chi connectivity index (χ0n) is 9.03. The van der Waals surface area contributed by atoms with Gasteiger partial charge in [0, 0.05) is 17.1 Å². The van der Waals surface area contributed by atoms with Gasteiger partial charge < -0.3 is 5.32 Å². The highest BCUT2D eigenvalue weighted by molar-refractivity contribution is 6.30. The molecule has 3 rings (SSSR count). The Labute approximate surface area is 104 Å². The first-order chi connectivity index (χ1) is 8.25. The number of hydrogen-bond acceptors (Lipinski definition) is 1. The summed E-state index contributed by atoms with van der Waals surface area (Å²) in [4.78, 5) is 11.6. The third-order valence-electron chi connectivity index (χ3n) is 3.00. The molecule has 0 unspecified atom stereocenters. The number of rotatable bonds is 1. The Morgan fingerprint density at radius 1 is 1.00 bits per heavy atom. The summed E-state index contributed by atoms with van der Waals surface area (Å²) in [5, 5.41) is 3.56. The van der Waals surface area contributed by atoms with Gasteiger partial charge in [-0.05, 0) is 34.9 Å². The quantitative estimate of drug-likeness (QED) is 0.819. The van der Waals surface area contributed by atoms with Gasteiger partial charge in [0.15, 0.2) is 0 Å². The van der Waals surface area contributed by atoms with Crippen molar-refractivity contribution in [1.82, 2.24) is 5.32 Å². The molecule has 0 spiro atoms. The van der Waals surface area contributed by atoms with Gasteiger partial charge in [0.05, 0.1) is 0 Å². The van der Waals surface area contributed by atoms with Gasteiger partial charge in [-0.15, -0.1) is 0 Å². The maximum atomic E-state index is 11.6. The summed E-state index contributed by atoms with van der Waals surface area (Å²) in [7, 11) is 0. The molecule has 2 aromatic carbocycles. The van der Waals surface area contributed by atoms with Crippen LogP contribution in [0.15, 0.2) is 42.5 Å². The van der Waals surface area contributed by atoms with Crippen LogP contribution in [0, 0.1) is 0 Å². The Hall–Kier alpha value is -1.80. The number of carbonyl (C=O) groups excluding carboxylic acids is 1. The summed E-state index contributed by atoms with van der Waals surface area (Å²) in [6.45, 7) is 0.604. The van der Waals surface area contributed by atoms with Crippen molar-refractivity contribution in [2.24, 2.45) is 0 Å². The third kappa shape index (κ3) is 1.71. The molecule has 0 saturated carbocycles. The van der Waals surface area contributed by atoms with Crippen molar-refractivity contribution in [2.75, 3.05) is 0 Å². The Bertz CT molecular complexity index is 590. The monoisotopic (exact) mass is 243 g/mol. The molecular formula is C14H10ClNO. The van der Waals surface area contributed by atoms with Gasteiger partial charge in [-0.2, -0.15) is 0 Å². The average Bonchev–Trinajstić information content (AvgIpc) is 2.73. The lowest BCUT2D eigenvalue weighted by Crippen LogP contribution is -2.12. The highest BCUT2D eigenvalue weighted by Crippen LogP contribution is 2.29. The Balaban J connectivity index is 2.16. The van der Waals surface area contributed by atoms with Crippen LogP contribution in [0.1, 0.15) is 15.9 Å². The van der Waals surface area contributed by atoms with Crippen LogP contribution in [-0.2, 0) is 6.54 Å². The third-order valence-corrected chi connectivity index (χ3v) is 3.25. The normalized spacial score (nSPS) is 13.4. The van der Waals surface area contributed by atoms with Crippen LogP contribution in [0.5, 0.6) is 0 Å². The fourth-order valence-corrected chi connectivity index (χ4v) is 2.28. The van der Waals surface area contributed by atoms with Crippen LogP contribution in [0.25, 0.3) is 11.1 Å². The molecule has 1 amide bonds. The van der Waals surface area contributed by atoms with Crippen molar-refractivity contribution >= 4 is 17.5 Å². The van der Waals surface area contributed by atoms with Crippen LogP contribution in [0.3, 0.4) is 0 Å². The van der Waals surface area contributed by atoms with Gasteiger partial charge >= 0.3 is 0 Å². The van der Waals surface area contributed by atoms with Crippen molar-refractivity contribution in [1.29, 1.82) is 0 Å². The number of carbonyl (C=O) groups is 1. The molecule has 3 heteroatoms.